The number of halogens is 1. The highest BCUT2D eigenvalue weighted by molar-refractivity contribution is 9.10. The lowest BCUT2D eigenvalue weighted by atomic mass is 10.2. The molecule has 0 aliphatic rings. The summed E-state index contributed by atoms with van der Waals surface area (Å²) in [6, 6.07) is 6.52. The number of benzene rings is 1. The van der Waals surface area contributed by atoms with Crippen molar-refractivity contribution in [2.75, 3.05) is 0 Å². The average Bonchev–Trinajstić information content (AvgIpc) is 2.84. The van der Waals surface area contributed by atoms with Gasteiger partial charge in [-0.05, 0) is 45.0 Å². The highest BCUT2D eigenvalue weighted by Gasteiger charge is 2.15. The maximum Gasteiger partial charge on any atom is 0.339 e. The molecular formula is C17H18BrNO5. The van der Waals surface area contributed by atoms with Crippen molar-refractivity contribution in [1.82, 2.24) is 5.32 Å². The lowest BCUT2D eigenvalue weighted by molar-refractivity contribution is 0.0694. The number of carbonyl (C=O) groups is 2. The molecule has 1 amide bonds. The van der Waals surface area contributed by atoms with Crippen LogP contribution in [-0.4, -0.2) is 23.1 Å². The summed E-state index contributed by atoms with van der Waals surface area (Å²) in [6.07, 6.45) is -0.00394. The summed E-state index contributed by atoms with van der Waals surface area (Å²) in [5.74, 6) is -0.0904. The number of hydrogen-bond donors (Lipinski definition) is 2. The van der Waals surface area contributed by atoms with E-state index in [1.165, 1.54) is 6.07 Å². The van der Waals surface area contributed by atoms with E-state index < -0.39 is 5.97 Å². The van der Waals surface area contributed by atoms with Gasteiger partial charge in [-0.3, -0.25) is 4.79 Å². The second-order valence-corrected chi connectivity index (χ2v) is 6.43. The fraction of sp³-hybridized carbons (Fsp3) is 0.294. The number of amides is 1. The average molecular weight is 396 g/mol. The number of rotatable bonds is 6. The molecule has 0 bridgehead atoms. The van der Waals surface area contributed by atoms with Crippen LogP contribution in [-0.2, 0) is 6.54 Å². The van der Waals surface area contributed by atoms with Gasteiger partial charge in [0.1, 0.15) is 22.8 Å². The summed E-state index contributed by atoms with van der Waals surface area (Å²) in [5.41, 5.74) is 0.524. The summed E-state index contributed by atoms with van der Waals surface area (Å²) in [7, 11) is 0. The minimum atomic E-state index is -1.06. The minimum Gasteiger partial charge on any atom is -0.491 e. The molecule has 2 N–H and O–H groups in total. The van der Waals surface area contributed by atoms with Crippen LogP contribution in [0.2, 0.25) is 0 Å². The first-order chi connectivity index (χ1) is 11.3. The Morgan fingerprint density at radius 2 is 2.00 bits per heavy atom. The summed E-state index contributed by atoms with van der Waals surface area (Å²) in [4.78, 5) is 23.3. The predicted molar refractivity (Wildman–Crippen MR) is 91.5 cm³/mol. The highest BCUT2D eigenvalue weighted by atomic mass is 79.9. The molecule has 128 valence electrons. The SMILES string of the molecule is Cc1oc(CNC(=O)c2cc(Br)cc(OC(C)C)c2)cc1C(=O)O. The van der Waals surface area contributed by atoms with Crippen LogP contribution in [0.1, 0.15) is 46.1 Å². The topological polar surface area (TPSA) is 88.8 Å². The molecule has 6 nitrogen and oxygen atoms in total. The molecule has 0 atom stereocenters. The molecule has 1 heterocycles. The molecule has 0 spiro atoms. The molecule has 24 heavy (non-hydrogen) atoms. The monoisotopic (exact) mass is 395 g/mol. The number of nitrogens with one attached hydrogen (secondary N) is 1. The van der Waals surface area contributed by atoms with Crippen molar-refractivity contribution in [3.05, 3.63) is 51.4 Å². The Kier molecular flexibility index (Phi) is 5.66. The van der Waals surface area contributed by atoms with Gasteiger partial charge in [0, 0.05) is 10.0 Å². The molecule has 0 unspecified atom stereocenters. The maximum absolute atomic E-state index is 12.3. The van der Waals surface area contributed by atoms with Gasteiger partial charge in [0.05, 0.1) is 12.6 Å². The zero-order chi connectivity index (χ0) is 17.9. The van der Waals surface area contributed by atoms with Crippen LogP contribution >= 0.6 is 15.9 Å². The number of carbonyl (C=O) groups excluding carboxylic acids is 1. The standard InChI is InChI=1S/C17H18BrNO5/c1-9(2)23-13-5-11(4-12(18)6-13)16(20)19-8-14-7-15(17(21)22)10(3)24-14/h4-7,9H,8H2,1-3H3,(H,19,20)(H,21,22). The third kappa shape index (κ3) is 4.61. The van der Waals surface area contributed by atoms with Crippen molar-refractivity contribution in [3.8, 4) is 5.75 Å². The van der Waals surface area contributed by atoms with Gasteiger partial charge in [0.25, 0.3) is 5.91 Å². The van der Waals surface area contributed by atoms with Crippen molar-refractivity contribution in [1.29, 1.82) is 0 Å². The molecule has 0 radical (unpaired) electrons. The number of carboxylic acid groups (broad SMARTS) is 1. The quantitative estimate of drug-likeness (QED) is 0.776. The first kappa shape index (κ1) is 18.1. The molecule has 1 aromatic heterocycles. The number of carboxylic acids is 1. The molecule has 2 aromatic rings. The molecule has 0 aliphatic heterocycles. The molecule has 7 heteroatoms. The van der Waals surface area contributed by atoms with Crippen LogP contribution < -0.4 is 10.1 Å². The van der Waals surface area contributed by atoms with Gasteiger partial charge in [-0.1, -0.05) is 15.9 Å². The fourth-order valence-electron chi connectivity index (χ4n) is 2.15. The lowest BCUT2D eigenvalue weighted by Gasteiger charge is -2.12. The first-order valence-electron chi connectivity index (χ1n) is 7.34. The van der Waals surface area contributed by atoms with Crippen LogP contribution in [0.3, 0.4) is 0 Å². The summed E-state index contributed by atoms with van der Waals surface area (Å²) >= 11 is 3.35. The highest BCUT2D eigenvalue weighted by Crippen LogP contribution is 2.23. The lowest BCUT2D eigenvalue weighted by Crippen LogP contribution is -2.22. The third-order valence-electron chi connectivity index (χ3n) is 3.13. The fourth-order valence-corrected chi connectivity index (χ4v) is 2.62. The predicted octanol–water partition coefficient (Wildman–Crippen LogP) is 3.77. The Hall–Kier alpha value is -2.28. The van der Waals surface area contributed by atoms with E-state index >= 15 is 0 Å². The zero-order valence-electron chi connectivity index (χ0n) is 13.6. The summed E-state index contributed by atoms with van der Waals surface area (Å²) in [5, 5.41) is 11.7. The largest absolute Gasteiger partial charge is 0.491 e. The van der Waals surface area contributed by atoms with E-state index in [2.05, 4.69) is 21.2 Å². The molecular weight excluding hydrogens is 378 g/mol. The van der Waals surface area contributed by atoms with Crippen molar-refractivity contribution < 1.29 is 23.8 Å². The van der Waals surface area contributed by atoms with Gasteiger partial charge in [0.15, 0.2) is 0 Å². The number of ether oxygens (including phenoxy) is 1. The van der Waals surface area contributed by atoms with Crippen LogP contribution in [0.5, 0.6) is 5.75 Å². The molecule has 0 aliphatic carbocycles. The van der Waals surface area contributed by atoms with Gasteiger partial charge in [0.2, 0.25) is 0 Å². The smallest absolute Gasteiger partial charge is 0.339 e. The second-order valence-electron chi connectivity index (χ2n) is 5.51. The number of aromatic carboxylic acids is 1. The van der Waals surface area contributed by atoms with E-state index in [0.29, 0.717) is 22.8 Å². The van der Waals surface area contributed by atoms with Crippen LogP contribution in [0.25, 0.3) is 0 Å². The van der Waals surface area contributed by atoms with Gasteiger partial charge >= 0.3 is 5.97 Å². The van der Waals surface area contributed by atoms with Crippen LogP contribution in [0.4, 0.5) is 0 Å². The van der Waals surface area contributed by atoms with E-state index in [0.717, 1.165) is 4.47 Å². The number of aryl methyl sites for hydroxylation is 1. The Morgan fingerprint density at radius 3 is 2.58 bits per heavy atom. The molecule has 0 saturated carbocycles. The second kappa shape index (κ2) is 7.53. The van der Waals surface area contributed by atoms with E-state index in [-0.39, 0.29) is 24.1 Å². The van der Waals surface area contributed by atoms with Crippen molar-refractivity contribution >= 4 is 27.8 Å². The zero-order valence-corrected chi connectivity index (χ0v) is 15.1. The Bertz CT molecular complexity index is 766. The van der Waals surface area contributed by atoms with Gasteiger partial charge < -0.3 is 19.6 Å². The van der Waals surface area contributed by atoms with Crippen molar-refractivity contribution in [2.45, 2.75) is 33.4 Å². The Balaban J connectivity index is 2.08. The van der Waals surface area contributed by atoms with Crippen molar-refractivity contribution in [2.24, 2.45) is 0 Å². The molecule has 2 rings (SSSR count). The molecule has 0 saturated heterocycles. The first-order valence-corrected chi connectivity index (χ1v) is 8.13. The van der Waals surface area contributed by atoms with Gasteiger partial charge in [-0.25, -0.2) is 4.79 Å². The van der Waals surface area contributed by atoms with Crippen LogP contribution in [0, 0.1) is 6.92 Å². The molecule has 1 aromatic carbocycles. The van der Waals surface area contributed by atoms with Gasteiger partial charge in [-0.15, -0.1) is 0 Å². The third-order valence-corrected chi connectivity index (χ3v) is 3.59. The summed E-state index contributed by atoms with van der Waals surface area (Å²) < 4.78 is 11.7. The Morgan fingerprint density at radius 1 is 1.29 bits per heavy atom. The number of furan rings is 1. The van der Waals surface area contributed by atoms with Gasteiger partial charge in [-0.2, -0.15) is 0 Å². The van der Waals surface area contributed by atoms with E-state index in [9.17, 15) is 9.59 Å². The van der Waals surface area contributed by atoms with E-state index in [1.54, 1.807) is 25.1 Å². The minimum absolute atomic E-state index is 0.00394. The Labute approximate surface area is 147 Å². The maximum atomic E-state index is 12.3. The molecule has 0 fully saturated rings. The van der Waals surface area contributed by atoms with Crippen LogP contribution in [0.15, 0.2) is 33.2 Å². The van der Waals surface area contributed by atoms with Crippen molar-refractivity contribution in [3.63, 3.8) is 0 Å². The normalized spacial score (nSPS) is 10.7. The summed E-state index contributed by atoms with van der Waals surface area (Å²) in [6.45, 7) is 5.47. The van der Waals surface area contributed by atoms with E-state index in [4.69, 9.17) is 14.3 Å². The number of hydrogen-bond acceptors (Lipinski definition) is 4. The van der Waals surface area contributed by atoms with E-state index in [1.807, 2.05) is 13.8 Å².